The number of hydrogen-bond donors (Lipinski definition) is 1. The maximum Gasteiger partial charge on any atom is 0.410 e. The van der Waals surface area contributed by atoms with Crippen molar-refractivity contribution in [1.82, 2.24) is 9.88 Å². The van der Waals surface area contributed by atoms with Gasteiger partial charge >= 0.3 is 11.8 Å². The van der Waals surface area contributed by atoms with E-state index in [1.807, 2.05) is 20.8 Å². The molecule has 0 saturated carbocycles. The topological polar surface area (TPSA) is 97.6 Å². The van der Waals surface area contributed by atoms with E-state index in [0.717, 1.165) is 12.8 Å². The number of rotatable bonds is 4. The molecule has 2 rings (SSSR count). The van der Waals surface area contributed by atoms with Crippen molar-refractivity contribution in [3.8, 4) is 0 Å². The molecule has 1 aromatic heterocycles. The maximum atomic E-state index is 12.2. The number of amides is 1. The first kappa shape index (κ1) is 18.0. The zero-order chi connectivity index (χ0) is 17.7. The first-order chi connectivity index (χ1) is 11.3. The summed E-state index contributed by atoms with van der Waals surface area (Å²) in [5.41, 5.74) is -0.561. The number of anilines is 1. The Labute approximate surface area is 141 Å². The van der Waals surface area contributed by atoms with Crippen molar-refractivity contribution in [3.05, 3.63) is 28.4 Å². The van der Waals surface area contributed by atoms with Gasteiger partial charge in [-0.3, -0.25) is 10.1 Å². The predicted octanol–water partition coefficient (Wildman–Crippen LogP) is 3.05. The van der Waals surface area contributed by atoms with Crippen molar-refractivity contribution in [2.45, 2.75) is 39.2 Å². The van der Waals surface area contributed by atoms with Crippen LogP contribution < -0.4 is 5.32 Å². The lowest BCUT2D eigenvalue weighted by Crippen LogP contribution is -2.44. The summed E-state index contributed by atoms with van der Waals surface area (Å²) in [5.74, 6) is 0.463. The van der Waals surface area contributed by atoms with Gasteiger partial charge in [0.1, 0.15) is 5.60 Å². The van der Waals surface area contributed by atoms with Crippen LogP contribution in [0, 0.1) is 16.0 Å². The molecule has 0 aromatic carbocycles. The van der Waals surface area contributed by atoms with Crippen LogP contribution in [-0.4, -0.2) is 46.1 Å². The molecule has 0 aliphatic carbocycles. The van der Waals surface area contributed by atoms with Gasteiger partial charge in [0.15, 0.2) is 0 Å². The highest BCUT2D eigenvalue weighted by Gasteiger charge is 2.28. The molecule has 8 heteroatoms. The van der Waals surface area contributed by atoms with E-state index in [2.05, 4.69) is 10.3 Å². The molecule has 24 heavy (non-hydrogen) atoms. The fraction of sp³-hybridized carbons (Fsp3) is 0.625. The Morgan fingerprint density at radius 2 is 2.29 bits per heavy atom. The number of nitrogens with zero attached hydrogens (tertiary/aromatic N) is 3. The summed E-state index contributed by atoms with van der Waals surface area (Å²) in [6.07, 6.45) is 3.04. The second kappa shape index (κ2) is 7.46. The van der Waals surface area contributed by atoms with Crippen molar-refractivity contribution in [3.63, 3.8) is 0 Å². The lowest BCUT2D eigenvalue weighted by atomic mass is 9.98. The van der Waals surface area contributed by atoms with Crippen LogP contribution in [0.1, 0.15) is 33.6 Å². The van der Waals surface area contributed by atoms with Crippen molar-refractivity contribution in [2.75, 3.05) is 25.0 Å². The Morgan fingerprint density at radius 1 is 1.54 bits per heavy atom. The quantitative estimate of drug-likeness (QED) is 0.670. The average molecular weight is 336 g/mol. The van der Waals surface area contributed by atoms with Gasteiger partial charge in [-0.2, -0.15) is 0 Å². The van der Waals surface area contributed by atoms with E-state index in [1.165, 1.54) is 18.3 Å². The number of aromatic nitrogens is 1. The van der Waals surface area contributed by atoms with E-state index in [-0.39, 0.29) is 23.5 Å². The highest BCUT2D eigenvalue weighted by Crippen LogP contribution is 2.23. The fourth-order valence-corrected chi connectivity index (χ4v) is 2.65. The number of hydrogen-bond acceptors (Lipinski definition) is 6. The van der Waals surface area contributed by atoms with Crippen LogP contribution in [0.25, 0.3) is 0 Å². The first-order valence-corrected chi connectivity index (χ1v) is 8.07. The maximum absolute atomic E-state index is 12.2. The third kappa shape index (κ3) is 5.07. The lowest BCUT2D eigenvalue weighted by Gasteiger charge is -2.34. The highest BCUT2D eigenvalue weighted by atomic mass is 16.6. The summed E-state index contributed by atoms with van der Waals surface area (Å²) in [4.78, 5) is 28.4. The molecule has 1 aliphatic heterocycles. The van der Waals surface area contributed by atoms with E-state index >= 15 is 0 Å². The number of carbonyl (C=O) groups excluding carboxylic acids is 1. The standard InChI is InChI=1S/C16H24N4O4/c1-16(2,3)24-15(21)19-9-5-6-12(11-19)10-18-14-13(20(22)23)7-4-8-17-14/h4,7-8,12H,5-6,9-11H2,1-3H3,(H,17,18)/t12-/m1/s1. The van der Waals surface area contributed by atoms with Gasteiger partial charge in [0, 0.05) is 31.9 Å². The number of nitrogens with one attached hydrogen (secondary N) is 1. The van der Waals surface area contributed by atoms with Gasteiger partial charge in [-0.25, -0.2) is 9.78 Å². The molecule has 132 valence electrons. The van der Waals surface area contributed by atoms with Crippen molar-refractivity contribution in [2.24, 2.45) is 5.92 Å². The summed E-state index contributed by atoms with van der Waals surface area (Å²) in [6.45, 7) is 7.30. The van der Waals surface area contributed by atoms with Gasteiger partial charge < -0.3 is 15.0 Å². The summed E-state index contributed by atoms with van der Waals surface area (Å²) in [5, 5.41) is 14.0. The Morgan fingerprint density at radius 3 is 2.96 bits per heavy atom. The second-order valence-corrected chi connectivity index (χ2v) is 6.94. The SMILES string of the molecule is CC(C)(C)OC(=O)N1CCC[C@H](CNc2ncccc2[N+](=O)[O-])C1. The Balaban J connectivity index is 1.92. The molecule has 1 aliphatic rings. The largest absolute Gasteiger partial charge is 0.444 e. The Hall–Kier alpha value is -2.38. The summed E-state index contributed by atoms with van der Waals surface area (Å²) in [6, 6.07) is 2.96. The third-order valence-electron chi connectivity index (χ3n) is 3.71. The first-order valence-electron chi connectivity index (χ1n) is 8.07. The number of ether oxygens (including phenoxy) is 1. The van der Waals surface area contributed by atoms with Crippen molar-refractivity contribution >= 4 is 17.6 Å². The van der Waals surface area contributed by atoms with Gasteiger partial charge in [-0.05, 0) is 45.6 Å². The molecule has 0 bridgehead atoms. The van der Waals surface area contributed by atoms with Crippen LogP contribution in [0.5, 0.6) is 0 Å². The number of pyridine rings is 1. The number of carbonyl (C=O) groups is 1. The summed E-state index contributed by atoms with van der Waals surface area (Å²) < 4.78 is 5.40. The average Bonchev–Trinajstić information content (AvgIpc) is 2.52. The zero-order valence-electron chi connectivity index (χ0n) is 14.3. The van der Waals surface area contributed by atoms with Crippen LogP contribution in [0.2, 0.25) is 0 Å². The molecule has 0 spiro atoms. The molecular weight excluding hydrogens is 312 g/mol. The van der Waals surface area contributed by atoms with E-state index in [4.69, 9.17) is 4.74 Å². The van der Waals surface area contributed by atoms with Gasteiger partial charge in [-0.15, -0.1) is 0 Å². The fourth-order valence-electron chi connectivity index (χ4n) is 2.65. The van der Waals surface area contributed by atoms with Crippen LogP contribution in [-0.2, 0) is 4.74 Å². The van der Waals surface area contributed by atoms with Crippen LogP contribution in [0.15, 0.2) is 18.3 Å². The molecule has 8 nitrogen and oxygen atoms in total. The zero-order valence-corrected chi connectivity index (χ0v) is 14.3. The molecule has 0 unspecified atom stereocenters. The molecule has 1 saturated heterocycles. The van der Waals surface area contributed by atoms with Gasteiger partial charge in [0.25, 0.3) is 0 Å². The van der Waals surface area contributed by atoms with E-state index in [9.17, 15) is 14.9 Å². The van der Waals surface area contributed by atoms with Crippen LogP contribution >= 0.6 is 0 Å². The minimum Gasteiger partial charge on any atom is -0.444 e. The van der Waals surface area contributed by atoms with Crippen LogP contribution in [0.4, 0.5) is 16.3 Å². The number of piperidine rings is 1. The smallest absolute Gasteiger partial charge is 0.410 e. The Kier molecular flexibility index (Phi) is 5.58. The Bertz CT molecular complexity index is 600. The molecule has 1 aromatic rings. The normalized spacial score (nSPS) is 18.1. The van der Waals surface area contributed by atoms with Crippen molar-refractivity contribution < 1.29 is 14.5 Å². The molecule has 2 heterocycles. The number of nitro groups is 1. The molecule has 1 fully saturated rings. The van der Waals surface area contributed by atoms with E-state index < -0.39 is 10.5 Å². The third-order valence-corrected chi connectivity index (χ3v) is 3.71. The second-order valence-electron chi connectivity index (χ2n) is 6.94. The molecular formula is C16H24N4O4. The minimum absolute atomic E-state index is 0.0442. The lowest BCUT2D eigenvalue weighted by molar-refractivity contribution is -0.384. The van der Waals surface area contributed by atoms with E-state index in [0.29, 0.717) is 19.6 Å². The van der Waals surface area contributed by atoms with Crippen LogP contribution in [0.3, 0.4) is 0 Å². The molecule has 1 amide bonds. The molecule has 0 radical (unpaired) electrons. The van der Waals surface area contributed by atoms with E-state index in [1.54, 1.807) is 4.90 Å². The molecule has 1 atom stereocenters. The summed E-state index contributed by atoms with van der Waals surface area (Å²) in [7, 11) is 0. The summed E-state index contributed by atoms with van der Waals surface area (Å²) >= 11 is 0. The molecule has 1 N–H and O–H groups in total. The highest BCUT2D eigenvalue weighted by molar-refractivity contribution is 5.68. The van der Waals surface area contributed by atoms with Gasteiger partial charge in [-0.1, -0.05) is 0 Å². The van der Waals surface area contributed by atoms with Gasteiger partial charge in [0.2, 0.25) is 5.82 Å². The van der Waals surface area contributed by atoms with Crippen molar-refractivity contribution in [1.29, 1.82) is 0 Å². The predicted molar refractivity (Wildman–Crippen MR) is 89.9 cm³/mol. The number of likely N-dealkylation sites (tertiary alicyclic amines) is 1. The minimum atomic E-state index is -0.517. The van der Waals surface area contributed by atoms with Gasteiger partial charge in [0.05, 0.1) is 4.92 Å². The monoisotopic (exact) mass is 336 g/mol.